The van der Waals surface area contributed by atoms with Gasteiger partial charge in [-0.3, -0.25) is 4.79 Å². The molecule has 0 radical (unpaired) electrons. The molecule has 0 saturated carbocycles. The van der Waals surface area contributed by atoms with Crippen molar-refractivity contribution in [2.75, 3.05) is 31.1 Å². The first kappa shape index (κ1) is 15.5. The van der Waals surface area contributed by atoms with Crippen LogP contribution in [0, 0.1) is 5.82 Å². The van der Waals surface area contributed by atoms with Crippen molar-refractivity contribution >= 4 is 22.6 Å². The highest BCUT2D eigenvalue weighted by molar-refractivity contribution is 5.94. The molecule has 2 heterocycles. The van der Waals surface area contributed by atoms with E-state index < -0.39 is 0 Å². The third kappa shape index (κ3) is 2.91. The largest absolute Gasteiger partial charge is 0.352 e. The fourth-order valence-electron chi connectivity index (χ4n) is 3.17. The molecule has 3 aromatic rings. The monoisotopic (exact) mass is 336 g/mol. The summed E-state index contributed by atoms with van der Waals surface area (Å²) in [5.74, 6) is 0.411. The molecule has 4 rings (SSSR count). The summed E-state index contributed by atoms with van der Waals surface area (Å²) in [6.45, 7) is 2.52. The second-order valence-corrected chi connectivity index (χ2v) is 5.98. The Morgan fingerprint density at radius 1 is 0.920 bits per heavy atom. The van der Waals surface area contributed by atoms with Gasteiger partial charge < -0.3 is 9.80 Å². The molecule has 0 bridgehead atoms. The zero-order chi connectivity index (χ0) is 17.2. The van der Waals surface area contributed by atoms with Gasteiger partial charge in [0.1, 0.15) is 23.5 Å². The molecular formula is C19H17FN4O. The van der Waals surface area contributed by atoms with Crippen molar-refractivity contribution in [1.29, 1.82) is 0 Å². The van der Waals surface area contributed by atoms with Crippen molar-refractivity contribution in [1.82, 2.24) is 14.9 Å². The van der Waals surface area contributed by atoms with Crippen molar-refractivity contribution in [3.05, 3.63) is 66.2 Å². The first-order chi connectivity index (χ1) is 12.2. The Kier molecular flexibility index (Phi) is 4.01. The maximum Gasteiger partial charge on any atom is 0.253 e. The van der Waals surface area contributed by atoms with Crippen LogP contribution in [0.5, 0.6) is 0 Å². The number of piperazine rings is 1. The lowest BCUT2D eigenvalue weighted by Crippen LogP contribution is -2.49. The fourth-order valence-corrected chi connectivity index (χ4v) is 3.17. The molecular weight excluding hydrogens is 319 g/mol. The van der Waals surface area contributed by atoms with Crippen LogP contribution >= 0.6 is 0 Å². The average Bonchev–Trinajstić information content (AvgIpc) is 2.68. The van der Waals surface area contributed by atoms with Crippen molar-refractivity contribution in [2.45, 2.75) is 0 Å². The van der Waals surface area contributed by atoms with Crippen molar-refractivity contribution in [3.63, 3.8) is 0 Å². The molecule has 1 aliphatic heterocycles. The van der Waals surface area contributed by atoms with Crippen molar-refractivity contribution in [3.8, 4) is 0 Å². The van der Waals surface area contributed by atoms with Gasteiger partial charge in [0, 0.05) is 37.1 Å². The minimum absolute atomic E-state index is 0.0406. The van der Waals surface area contributed by atoms with Gasteiger partial charge in [-0.15, -0.1) is 0 Å². The van der Waals surface area contributed by atoms with Gasteiger partial charge in [-0.1, -0.05) is 24.3 Å². The van der Waals surface area contributed by atoms with E-state index in [0.717, 1.165) is 5.82 Å². The Bertz CT molecular complexity index is 908. The van der Waals surface area contributed by atoms with Crippen LogP contribution in [0.25, 0.3) is 10.9 Å². The van der Waals surface area contributed by atoms with Gasteiger partial charge in [-0.05, 0) is 24.3 Å². The van der Waals surface area contributed by atoms with Crippen LogP contribution in [0.15, 0.2) is 54.9 Å². The summed E-state index contributed by atoms with van der Waals surface area (Å²) in [4.78, 5) is 24.8. The minimum atomic E-state index is -0.348. The van der Waals surface area contributed by atoms with Crippen molar-refractivity contribution in [2.24, 2.45) is 0 Å². The van der Waals surface area contributed by atoms with E-state index >= 15 is 0 Å². The molecule has 0 unspecified atom stereocenters. The van der Waals surface area contributed by atoms with Crippen LogP contribution in [0.2, 0.25) is 0 Å². The van der Waals surface area contributed by atoms with Gasteiger partial charge >= 0.3 is 0 Å². The van der Waals surface area contributed by atoms with Crippen LogP contribution in [0.4, 0.5) is 10.2 Å². The standard InChI is InChI=1S/C19H17FN4O/c20-16-8-4-7-15-17(16)21-13-22-18(15)23-9-11-24(12-10-23)19(25)14-5-2-1-3-6-14/h1-8,13H,9-12H2. The topological polar surface area (TPSA) is 49.3 Å². The van der Waals surface area contributed by atoms with E-state index in [2.05, 4.69) is 14.9 Å². The van der Waals surface area contributed by atoms with E-state index in [4.69, 9.17) is 0 Å². The number of carbonyl (C=O) groups is 1. The molecule has 1 saturated heterocycles. The van der Waals surface area contributed by atoms with Crippen LogP contribution in [0.1, 0.15) is 10.4 Å². The van der Waals surface area contributed by atoms with Gasteiger partial charge in [0.2, 0.25) is 0 Å². The lowest BCUT2D eigenvalue weighted by Gasteiger charge is -2.35. The number of anilines is 1. The van der Waals surface area contributed by atoms with Gasteiger partial charge in [-0.25, -0.2) is 14.4 Å². The third-order valence-corrected chi connectivity index (χ3v) is 4.48. The minimum Gasteiger partial charge on any atom is -0.352 e. The van der Waals surface area contributed by atoms with E-state index in [1.54, 1.807) is 6.07 Å². The lowest BCUT2D eigenvalue weighted by atomic mass is 10.1. The smallest absolute Gasteiger partial charge is 0.253 e. The number of halogens is 1. The molecule has 1 aromatic heterocycles. The fraction of sp³-hybridized carbons (Fsp3) is 0.211. The van der Waals surface area contributed by atoms with E-state index in [9.17, 15) is 9.18 Å². The van der Waals surface area contributed by atoms with E-state index in [-0.39, 0.29) is 11.7 Å². The summed E-state index contributed by atoms with van der Waals surface area (Å²) < 4.78 is 13.9. The second kappa shape index (κ2) is 6.47. The number of para-hydroxylation sites is 1. The molecule has 1 fully saturated rings. The molecule has 0 spiro atoms. The number of aromatic nitrogens is 2. The molecule has 0 N–H and O–H groups in total. The highest BCUT2D eigenvalue weighted by Gasteiger charge is 2.24. The number of amides is 1. The van der Waals surface area contributed by atoms with E-state index in [1.807, 2.05) is 41.3 Å². The summed E-state index contributed by atoms with van der Waals surface area (Å²) >= 11 is 0. The zero-order valence-corrected chi connectivity index (χ0v) is 13.6. The number of hydrogen-bond donors (Lipinski definition) is 0. The maximum atomic E-state index is 13.9. The van der Waals surface area contributed by atoms with Gasteiger partial charge in [-0.2, -0.15) is 0 Å². The highest BCUT2D eigenvalue weighted by Crippen LogP contribution is 2.25. The van der Waals surface area contributed by atoms with Crippen LogP contribution in [-0.2, 0) is 0 Å². The van der Waals surface area contributed by atoms with Crippen LogP contribution in [-0.4, -0.2) is 47.0 Å². The first-order valence-corrected chi connectivity index (χ1v) is 8.22. The molecule has 2 aromatic carbocycles. The number of fused-ring (bicyclic) bond motifs is 1. The summed E-state index contributed by atoms with van der Waals surface area (Å²) in [6, 6.07) is 14.2. The van der Waals surface area contributed by atoms with Gasteiger partial charge in [0.25, 0.3) is 5.91 Å². The second-order valence-electron chi connectivity index (χ2n) is 5.98. The maximum absolute atomic E-state index is 13.9. The number of benzene rings is 2. The normalized spacial score (nSPS) is 14.8. The first-order valence-electron chi connectivity index (χ1n) is 8.22. The summed E-state index contributed by atoms with van der Waals surface area (Å²) in [5.41, 5.74) is 1.03. The summed E-state index contributed by atoms with van der Waals surface area (Å²) in [5, 5.41) is 0.699. The van der Waals surface area contributed by atoms with Crippen LogP contribution < -0.4 is 4.90 Å². The Morgan fingerprint density at radius 2 is 1.68 bits per heavy atom. The average molecular weight is 336 g/mol. The molecule has 25 heavy (non-hydrogen) atoms. The zero-order valence-electron chi connectivity index (χ0n) is 13.6. The lowest BCUT2D eigenvalue weighted by molar-refractivity contribution is 0.0746. The summed E-state index contributed by atoms with van der Waals surface area (Å²) in [6.07, 6.45) is 1.39. The SMILES string of the molecule is O=C(c1ccccc1)N1CCN(c2ncnc3c(F)cccc23)CC1. The Labute approximate surface area is 144 Å². The van der Waals surface area contributed by atoms with Crippen LogP contribution in [0.3, 0.4) is 0 Å². The Hall–Kier alpha value is -3.02. The quantitative estimate of drug-likeness (QED) is 0.722. The Morgan fingerprint density at radius 3 is 2.44 bits per heavy atom. The predicted molar refractivity (Wildman–Crippen MR) is 94.1 cm³/mol. The number of carbonyl (C=O) groups excluding carboxylic acids is 1. The predicted octanol–water partition coefficient (Wildman–Crippen LogP) is 2.73. The number of nitrogens with zero attached hydrogens (tertiary/aromatic N) is 4. The Balaban J connectivity index is 1.53. The molecule has 1 amide bonds. The molecule has 126 valence electrons. The summed E-state index contributed by atoms with van der Waals surface area (Å²) in [7, 11) is 0. The third-order valence-electron chi connectivity index (χ3n) is 4.48. The van der Waals surface area contributed by atoms with Gasteiger partial charge in [0.05, 0.1) is 0 Å². The van der Waals surface area contributed by atoms with Crippen molar-refractivity contribution < 1.29 is 9.18 Å². The molecule has 0 atom stereocenters. The van der Waals surface area contributed by atoms with E-state index in [0.29, 0.717) is 42.6 Å². The molecule has 6 heteroatoms. The highest BCUT2D eigenvalue weighted by atomic mass is 19.1. The van der Waals surface area contributed by atoms with Gasteiger partial charge in [0.15, 0.2) is 0 Å². The number of rotatable bonds is 2. The number of hydrogen-bond acceptors (Lipinski definition) is 4. The molecule has 0 aliphatic carbocycles. The molecule has 5 nitrogen and oxygen atoms in total. The van der Waals surface area contributed by atoms with E-state index in [1.165, 1.54) is 12.4 Å². The molecule has 1 aliphatic rings.